The van der Waals surface area contributed by atoms with E-state index in [1.54, 1.807) is 6.20 Å². The van der Waals surface area contributed by atoms with Crippen LogP contribution in [0.3, 0.4) is 0 Å². The number of rotatable bonds is 5. The molecule has 0 radical (unpaired) electrons. The second-order valence-corrected chi connectivity index (χ2v) is 10.9. The smallest absolute Gasteiger partial charge is 0.257 e. The van der Waals surface area contributed by atoms with Crippen LogP contribution in [0, 0.1) is 5.92 Å². The molecule has 1 aliphatic carbocycles. The zero-order chi connectivity index (χ0) is 26.0. The van der Waals surface area contributed by atoms with Crippen LogP contribution in [0.2, 0.25) is 0 Å². The van der Waals surface area contributed by atoms with E-state index in [4.69, 9.17) is 0 Å². The van der Waals surface area contributed by atoms with Crippen LogP contribution in [0.1, 0.15) is 48.5 Å². The Morgan fingerprint density at radius 1 is 0.947 bits per heavy atom. The summed E-state index contributed by atoms with van der Waals surface area (Å²) in [5.74, 6) is 0.513. The maximum absolute atomic E-state index is 13.3. The van der Waals surface area contributed by atoms with Crippen molar-refractivity contribution in [3.8, 4) is 0 Å². The van der Waals surface area contributed by atoms with Gasteiger partial charge in [-0.2, -0.15) is 10.2 Å². The summed E-state index contributed by atoms with van der Waals surface area (Å²) in [6.07, 6.45) is 6.36. The van der Waals surface area contributed by atoms with Crippen molar-refractivity contribution in [1.29, 1.82) is 0 Å². The quantitative estimate of drug-likeness (QED) is 0.355. The number of anilines is 2. The number of benzene rings is 3. The van der Waals surface area contributed by atoms with Gasteiger partial charge in [0.1, 0.15) is 0 Å². The van der Waals surface area contributed by atoms with Gasteiger partial charge in [-0.15, -0.1) is 0 Å². The van der Waals surface area contributed by atoms with E-state index in [9.17, 15) is 4.79 Å². The summed E-state index contributed by atoms with van der Waals surface area (Å²) in [6.45, 7) is 6.51. The van der Waals surface area contributed by atoms with Gasteiger partial charge < -0.3 is 10.2 Å². The summed E-state index contributed by atoms with van der Waals surface area (Å²) in [7, 11) is 0. The average Bonchev–Trinajstić information content (AvgIpc) is 2.97. The molecule has 1 N–H and O–H groups in total. The maximum atomic E-state index is 13.3. The molecular formula is C32H35N5O. The van der Waals surface area contributed by atoms with Crippen molar-refractivity contribution in [1.82, 2.24) is 15.1 Å². The molecule has 6 heteroatoms. The summed E-state index contributed by atoms with van der Waals surface area (Å²) >= 11 is 0. The van der Waals surface area contributed by atoms with E-state index in [0.29, 0.717) is 11.5 Å². The van der Waals surface area contributed by atoms with E-state index < -0.39 is 0 Å². The SMILES string of the molecule is CC1CCCC(c2cccc(NC(=O)c3cnnc4ccccc34)c2)(N2CCN(c3ccccc3)CC2)C1. The van der Waals surface area contributed by atoms with Crippen molar-refractivity contribution in [2.75, 3.05) is 36.4 Å². The number of nitrogens with zero attached hydrogens (tertiary/aromatic N) is 4. The first kappa shape index (κ1) is 24.6. The molecule has 2 heterocycles. The number of carbonyl (C=O) groups excluding carboxylic acids is 1. The number of carbonyl (C=O) groups is 1. The van der Waals surface area contributed by atoms with Crippen LogP contribution >= 0.6 is 0 Å². The Labute approximate surface area is 224 Å². The zero-order valence-corrected chi connectivity index (χ0v) is 22.0. The number of fused-ring (bicyclic) bond motifs is 1. The van der Waals surface area contributed by atoms with Crippen LogP contribution in [0.15, 0.2) is 85.1 Å². The minimum Gasteiger partial charge on any atom is -0.369 e. The van der Waals surface area contributed by atoms with E-state index in [1.165, 1.54) is 24.1 Å². The zero-order valence-electron chi connectivity index (χ0n) is 22.0. The molecule has 1 amide bonds. The van der Waals surface area contributed by atoms with Crippen molar-refractivity contribution >= 4 is 28.2 Å². The summed E-state index contributed by atoms with van der Waals surface area (Å²) in [5.41, 5.74) is 4.70. The molecule has 1 aromatic heterocycles. The molecule has 1 saturated carbocycles. The number of hydrogen-bond donors (Lipinski definition) is 1. The monoisotopic (exact) mass is 505 g/mol. The van der Waals surface area contributed by atoms with Gasteiger partial charge in [0.2, 0.25) is 0 Å². The van der Waals surface area contributed by atoms with Gasteiger partial charge in [-0.3, -0.25) is 9.69 Å². The Morgan fingerprint density at radius 3 is 2.55 bits per heavy atom. The van der Waals surface area contributed by atoms with Crippen molar-refractivity contribution < 1.29 is 4.79 Å². The lowest BCUT2D eigenvalue weighted by molar-refractivity contribution is 0.0243. The predicted octanol–water partition coefficient (Wildman–Crippen LogP) is 6.11. The molecule has 1 aliphatic heterocycles. The fourth-order valence-corrected chi connectivity index (χ4v) is 6.56. The van der Waals surface area contributed by atoms with Gasteiger partial charge in [-0.25, -0.2) is 0 Å². The summed E-state index contributed by atoms with van der Waals surface area (Å²) in [5, 5.41) is 12.2. The highest BCUT2D eigenvalue weighted by atomic mass is 16.1. The average molecular weight is 506 g/mol. The van der Waals surface area contributed by atoms with Gasteiger partial charge in [0, 0.05) is 48.5 Å². The number of hydrogen-bond acceptors (Lipinski definition) is 5. The van der Waals surface area contributed by atoms with E-state index in [-0.39, 0.29) is 11.4 Å². The standard InChI is InChI=1S/C32H35N5O/c1-24-9-8-16-32(22-24,37-19-17-36(18-20-37)27-12-3-2-4-13-27)25-10-7-11-26(21-25)34-31(38)29-23-33-35-30-15-6-5-14-28(29)30/h2-7,10-15,21,23-24H,8-9,16-20,22H2,1H3,(H,34,38). The molecule has 0 spiro atoms. The largest absolute Gasteiger partial charge is 0.369 e. The molecule has 194 valence electrons. The summed E-state index contributed by atoms with van der Waals surface area (Å²) in [4.78, 5) is 18.6. The van der Waals surface area contributed by atoms with E-state index >= 15 is 0 Å². The van der Waals surface area contributed by atoms with Crippen LogP contribution in [-0.2, 0) is 5.54 Å². The highest BCUT2D eigenvalue weighted by molar-refractivity contribution is 6.12. The van der Waals surface area contributed by atoms with E-state index in [2.05, 4.69) is 80.8 Å². The Balaban J connectivity index is 1.26. The molecule has 0 bridgehead atoms. The van der Waals surface area contributed by atoms with Gasteiger partial charge in [0.15, 0.2) is 0 Å². The summed E-state index contributed by atoms with van der Waals surface area (Å²) < 4.78 is 0. The van der Waals surface area contributed by atoms with Crippen LogP contribution in [0.25, 0.3) is 10.9 Å². The highest BCUT2D eigenvalue weighted by Crippen LogP contribution is 2.45. The van der Waals surface area contributed by atoms with Crippen molar-refractivity contribution in [2.24, 2.45) is 5.92 Å². The van der Waals surface area contributed by atoms with Crippen molar-refractivity contribution in [3.63, 3.8) is 0 Å². The van der Waals surface area contributed by atoms with Gasteiger partial charge in [0.05, 0.1) is 17.3 Å². The maximum Gasteiger partial charge on any atom is 0.257 e. The fraction of sp³-hybridized carbons (Fsp3) is 0.344. The van der Waals surface area contributed by atoms with Crippen LogP contribution in [0.5, 0.6) is 0 Å². The number of para-hydroxylation sites is 1. The second-order valence-electron chi connectivity index (χ2n) is 10.9. The molecule has 2 unspecified atom stereocenters. The van der Waals surface area contributed by atoms with E-state index in [0.717, 1.165) is 55.6 Å². The number of amides is 1. The van der Waals surface area contributed by atoms with Crippen LogP contribution in [-0.4, -0.2) is 47.2 Å². The molecule has 4 aromatic rings. The minimum absolute atomic E-state index is 0.00784. The molecule has 3 aromatic carbocycles. The number of piperazine rings is 1. The molecule has 38 heavy (non-hydrogen) atoms. The Morgan fingerprint density at radius 2 is 1.74 bits per heavy atom. The topological polar surface area (TPSA) is 61.4 Å². The van der Waals surface area contributed by atoms with Crippen molar-refractivity contribution in [3.05, 3.63) is 96.2 Å². The molecule has 2 atom stereocenters. The second kappa shape index (κ2) is 10.5. The van der Waals surface area contributed by atoms with Crippen LogP contribution in [0.4, 0.5) is 11.4 Å². The Bertz CT molecular complexity index is 1410. The first-order chi connectivity index (χ1) is 18.6. The van der Waals surface area contributed by atoms with Gasteiger partial charge in [-0.1, -0.05) is 68.3 Å². The molecule has 2 aliphatic rings. The first-order valence-electron chi connectivity index (χ1n) is 13.8. The van der Waals surface area contributed by atoms with Crippen molar-refractivity contribution in [2.45, 2.75) is 38.1 Å². The third-order valence-corrected chi connectivity index (χ3v) is 8.43. The first-order valence-corrected chi connectivity index (χ1v) is 13.8. The number of aromatic nitrogens is 2. The predicted molar refractivity (Wildman–Crippen MR) is 153 cm³/mol. The Kier molecular flexibility index (Phi) is 6.81. The lowest BCUT2D eigenvalue weighted by Crippen LogP contribution is -2.57. The molecule has 6 rings (SSSR count). The molecule has 1 saturated heterocycles. The van der Waals surface area contributed by atoms with Crippen LogP contribution < -0.4 is 10.2 Å². The third kappa shape index (κ3) is 4.76. The van der Waals surface area contributed by atoms with Gasteiger partial charge in [0.25, 0.3) is 5.91 Å². The Hall–Kier alpha value is -3.77. The highest BCUT2D eigenvalue weighted by Gasteiger charge is 2.42. The van der Waals surface area contributed by atoms with Gasteiger partial charge >= 0.3 is 0 Å². The molecule has 2 fully saturated rings. The number of nitrogens with one attached hydrogen (secondary N) is 1. The lowest BCUT2D eigenvalue weighted by atomic mass is 9.71. The normalized spacial score (nSPS) is 22.3. The lowest BCUT2D eigenvalue weighted by Gasteiger charge is -2.52. The third-order valence-electron chi connectivity index (χ3n) is 8.43. The fourth-order valence-electron chi connectivity index (χ4n) is 6.56. The molecule has 6 nitrogen and oxygen atoms in total. The summed E-state index contributed by atoms with van der Waals surface area (Å²) in [6, 6.07) is 26.9. The minimum atomic E-state index is -0.157. The van der Waals surface area contributed by atoms with E-state index in [1.807, 2.05) is 30.3 Å². The molecular weight excluding hydrogens is 470 g/mol. The van der Waals surface area contributed by atoms with Gasteiger partial charge in [-0.05, 0) is 54.7 Å².